The van der Waals surface area contributed by atoms with Gasteiger partial charge in [0.15, 0.2) is 0 Å². The number of primary amides is 1. The lowest BCUT2D eigenvalue weighted by Crippen LogP contribution is -2.32. The lowest BCUT2D eigenvalue weighted by molar-refractivity contribution is -0.131. The first-order valence-corrected chi connectivity index (χ1v) is 11.7. The number of fused-ring (bicyclic) bond motifs is 1. The number of anilines is 1. The van der Waals surface area contributed by atoms with Gasteiger partial charge in [0.2, 0.25) is 0 Å². The fourth-order valence-corrected chi connectivity index (χ4v) is 4.47. The Morgan fingerprint density at radius 3 is 2.44 bits per heavy atom. The second-order valence-electron chi connectivity index (χ2n) is 8.60. The molecule has 36 heavy (non-hydrogen) atoms. The normalized spacial score (nSPS) is 15.0. The lowest BCUT2D eigenvalue weighted by Gasteiger charge is -2.23. The Morgan fingerprint density at radius 2 is 1.69 bits per heavy atom. The first kappa shape index (κ1) is 23.1. The number of rotatable bonds is 7. The lowest BCUT2D eigenvalue weighted by atomic mass is 9.97. The second-order valence-corrected chi connectivity index (χ2v) is 8.60. The maximum absolute atomic E-state index is 13.4. The van der Waals surface area contributed by atoms with Gasteiger partial charge in [-0.3, -0.25) is 9.59 Å². The number of carbonyl (C=O) groups is 2. The molecule has 180 valence electrons. The standard InChI is InChI=1S/C29H26N4O3/c1-36-23-14-12-20(13-15-23)27-17-26(22-11-10-19-6-2-3-7-21(19)16-22)32-33(27)28(34)18-31-25-9-5-4-8-24(25)29(30)35/h2-16,27,31H,17-18H2,1H3,(H2,30,35). The van der Waals surface area contributed by atoms with Crippen molar-refractivity contribution in [2.75, 3.05) is 19.0 Å². The van der Waals surface area contributed by atoms with E-state index in [1.54, 1.807) is 31.4 Å². The van der Waals surface area contributed by atoms with Crippen LogP contribution in [-0.2, 0) is 4.79 Å². The first-order valence-electron chi connectivity index (χ1n) is 11.7. The van der Waals surface area contributed by atoms with E-state index in [0.717, 1.165) is 33.4 Å². The number of hydrogen-bond donors (Lipinski definition) is 2. The predicted molar refractivity (Wildman–Crippen MR) is 141 cm³/mol. The fraction of sp³-hybridized carbons (Fsp3) is 0.138. The van der Waals surface area contributed by atoms with E-state index in [9.17, 15) is 9.59 Å². The zero-order chi connectivity index (χ0) is 25.1. The van der Waals surface area contributed by atoms with Crippen molar-refractivity contribution < 1.29 is 14.3 Å². The molecule has 1 aliphatic heterocycles. The summed E-state index contributed by atoms with van der Waals surface area (Å²) in [6.45, 7) is -0.0363. The van der Waals surface area contributed by atoms with E-state index in [1.165, 1.54) is 5.01 Å². The molecule has 1 unspecified atom stereocenters. The summed E-state index contributed by atoms with van der Waals surface area (Å²) in [4.78, 5) is 25.2. The Bertz CT molecular complexity index is 1460. The second kappa shape index (κ2) is 9.92. The highest BCUT2D eigenvalue weighted by Crippen LogP contribution is 2.34. The van der Waals surface area contributed by atoms with Crippen LogP contribution in [0.1, 0.15) is 33.9 Å². The minimum Gasteiger partial charge on any atom is -0.497 e. The molecular formula is C29H26N4O3. The van der Waals surface area contributed by atoms with Gasteiger partial charge in [0.1, 0.15) is 5.75 Å². The molecule has 7 heteroatoms. The Hall–Kier alpha value is -4.65. The van der Waals surface area contributed by atoms with Crippen molar-refractivity contribution in [2.24, 2.45) is 10.8 Å². The zero-order valence-corrected chi connectivity index (χ0v) is 19.8. The fourth-order valence-electron chi connectivity index (χ4n) is 4.47. The number of methoxy groups -OCH3 is 1. The molecule has 0 radical (unpaired) electrons. The molecule has 0 saturated carbocycles. The van der Waals surface area contributed by atoms with E-state index >= 15 is 0 Å². The number of amides is 2. The summed E-state index contributed by atoms with van der Waals surface area (Å²) in [5, 5.41) is 11.6. The smallest absolute Gasteiger partial charge is 0.262 e. The summed E-state index contributed by atoms with van der Waals surface area (Å²) in [5.74, 6) is -0.0275. The van der Waals surface area contributed by atoms with Gasteiger partial charge in [-0.2, -0.15) is 5.10 Å². The third-order valence-corrected chi connectivity index (χ3v) is 6.37. The number of nitrogens with one attached hydrogen (secondary N) is 1. The zero-order valence-electron chi connectivity index (χ0n) is 19.8. The van der Waals surface area contributed by atoms with Gasteiger partial charge in [-0.15, -0.1) is 0 Å². The van der Waals surface area contributed by atoms with Crippen molar-refractivity contribution in [2.45, 2.75) is 12.5 Å². The Labute approximate surface area is 209 Å². The number of para-hydroxylation sites is 1. The quantitative estimate of drug-likeness (QED) is 0.401. The number of hydrogen-bond acceptors (Lipinski definition) is 5. The Kier molecular flexibility index (Phi) is 6.36. The van der Waals surface area contributed by atoms with E-state index in [4.69, 9.17) is 15.6 Å². The van der Waals surface area contributed by atoms with Crippen molar-refractivity contribution in [3.63, 3.8) is 0 Å². The summed E-state index contributed by atoms with van der Waals surface area (Å²) in [6.07, 6.45) is 0.578. The minimum atomic E-state index is -0.556. The molecule has 1 heterocycles. The Balaban J connectivity index is 1.44. The van der Waals surface area contributed by atoms with Gasteiger partial charge in [0, 0.05) is 12.1 Å². The van der Waals surface area contributed by atoms with Gasteiger partial charge in [-0.05, 0) is 52.2 Å². The highest BCUT2D eigenvalue weighted by atomic mass is 16.5. The van der Waals surface area contributed by atoms with Crippen molar-refractivity contribution in [3.8, 4) is 5.75 Å². The molecule has 5 rings (SSSR count). The number of carbonyl (C=O) groups excluding carboxylic acids is 2. The first-order chi connectivity index (χ1) is 17.5. The summed E-state index contributed by atoms with van der Waals surface area (Å²) in [5.41, 5.74) is 9.10. The van der Waals surface area contributed by atoms with Crippen LogP contribution in [0.25, 0.3) is 10.8 Å². The molecule has 4 aromatic rings. The third kappa shape index (κ3) is 4.63. The molecule has 3 N–H and O–H groups in total. The molecule has 1 aliphatic rings. The Morgan fingerprint density at radius 1 is 0.972 bits per heavy atom. The van der Waals surface area contributed by atoms with Crippen molar-refractivity contribution >= 4 is 34.0 Å². The molecule has 0 aromatic heterocycles. The molecular weight excluding hydrogens is 452 g/mol. The van der Waals surface area contributed by atoms with E-state index in [1.807, 2.05) is 42.5 Å². The van der Waals surface area contributed by atoms with E-state index in [0.29, 0.717) is 17.7 Å². The molecule has 7 nitrogen and oxygen atoms in total. The van der Waals surface area contributed by atoms with Crippen LogP contribution in [0.15, 0.2) is 96.1 Å². The van der Waals surface area contributed by atoms with Gasteiger partial charge in [0.05, 0.1) is 31.0 Å². The van der Waals surface area contributed by atoms with Crippen LogP contribution in [0.5, 0.6) is 5.75 Å². The number of nitrogens with two attached hydrogens (primary N) is 1. The van der Waals surface area contributed by atoms with Crippen LogP contribution < -0.4 is 15.8 Å². The van der Waals surface area contributed by atoms with Gasteiger partial charge < -0.3 is 15.8 Å². The number of ether oxygens (including phenoxy) is 1. The molecule has 0 saturated heterocycles. The van der Waals surface area contributed by atoms with Gasteiger partial charge >= 0.3 is 0 Å². The SMILES string of the molecule is COc1ccc(C2CC(c3ccc4ccccc4c3)=NN2C(=O)CNc2ccccc2C(N)=O)cc1. The summed E-state index contributed by atoms with van der Waals surface area (Å²) >= 11 is 0. The maximum atomic E-state index is 13.4. The van der Waals surface area contributed by atoms with Crippen LogP contribution in [0.4, 0.5) is 5.69 Å². The predicted octanol–water partition coefficient (Wildman–Crippen LogP) is 4.74. The van der Waals surface area contributed by atoms with Gasteiger partial charge in [0.25, 0.3) is 11.8 Å². The highest BCUT2D eigenvalue weighted by Gasteiger charge is 2.33. The van der Waals surface area contributed by atoms with Crippen LogP contribution >= 0.6 is 0 Å². The molecule has 0 spiro atoms. The van der Waals surface area contributed by atoms with Crippen LogP contribution in [-0.4, -0.2) is 36.2 Å². The van der Waals surface area contributed by atoms with Crippen molar-refractivity contribution in [1.82, 2.24) is 5.01 Å². The molecule has 0 bridgehead atoms. The molecule has 2 amide bonds. The maximum Gasteiger partial charge on any atom is 0.262 e. The topological polar surface area (TPSA) is 97.0 Å². The third-order valence-electron chi connectivity index (χ3n) is 6.37. The highest BCUT2D eigenvalue weighted by molar-refractivity contribution is 6.06. The van der Waals surface area contributed by atoms with Crippen molar-refractivity contribution in [3.05, 3.63) is 108 Å². The van der Waals surface area contributed by atoms with Gasteiger partial charge in [-0.25, -0.2) is 5.01 Å². The monoisotopic (exact) mass is 478 g/mol. The van der Waals surface area contributed by atoms with Crippen molar-refractivity contribution in [1.29, 1.82) is 0 Å². The van der Waals surface area contributed by atoms with E-state index < -0.39 is 5.91 Å². The summed E-state index contributed by atoms with van der Waals surface area (Å²) in [6, 6.07) is 28.7. The average Bonchev–Trinajstić information content (AvgIpc) is 3.37. The summed E-state index contributed by atoms with van der Waals surface area (Å²) < 4.78 is 5.30. The average molecular weight is 479 g/mol. The molecule has 0 aliphatic carbocycles. The van der Waals surface area contributed by atoms with Crippen LogP contribution in [0.3, 0.4) is 0 Å². The van der Waals surface area contributed by atoms with Gasteiger partial charge in [-0.1, -0.05) is 60.7 Å². The van der Waals surface area contributed by atoms with Crippen LogP contribution in [0, 0.1) is 0 Å². The van der Waals surface area contributed by atoms with E-state index in [-0.39, 0.29) is 18.5 Å². The molecule has 1 atom stereocenters. The number of nitrogens with zero attached hydrogens (tertiary/aromatic N) is 2. The van der Waals surface area contributed by atoms with E-state index in [2.05, 4.69) is 29.6 Å². The minimum absolute atomic E-state index is 0.0363. The van der Waals surface area contributed by atoms with Crippen LogP contribution in [0.2, 0.25) is 0 Å². The summed E-state index contributed by atoms with van der Waals surface area (Å²) in [7, 11) is 1.62. The number of benzene rings is 4. The molecule has 0 fully saturated rings. The molecule has 4 aromatic carbocycles. The number of hydrazone groups is 1. The largest absolute Gasteiger partial charge is 0.497 e.